The Labute approximate surface area is 160 Å². The van der Waals surface area contributed by atoms with Crippen molar-refractivity contribution in [1.29, 1.82) is 0 Å². The second-order valence-electron chi connectivity index (χ2n) is 6.99. The third-order valence-electron chi connectivity index (χ3n) is 4.96. The van der Waals surface area contributed by atoms with E-state index in [0.29, 0.717) is 5.69 Å². The standard InChI is InChI=1S/C20H25N3O3S/c1-15-8-10-18(11-9-15)27(25,26)23(2)17-12-13-21-19(14-17)20(24)22-16-6-4-3-5-7-16/h8-14,16H,3-7H2,1-2H3,(H,22,24). The Morgan fingerprint density at radius 3 is 2.44 bits per heavy atom. The number of aryl methyl sites for hydroxylation is 1. The summed E-state index contributed by atoms with van der Waals surface area (Å²) in [4.78, 5) is 16.8. The van der Waals surface area contributed by atoms with Gasteiger partial charge in [0, 0.05) is 19.3 Å². The summed E-state index contributed by atoms with van der Waals surface area (Å²) in [5.41, 5.74) is 1.62. The molecule has 0 bridgehead atoms. The minimum Gasteiger partial charge on any atom is -0.348 e. The van der Waals surface area contributed by atoms with Crippen LogP contribution >= 0.6 is 0 Å². The molecule has 1 saturated carbocycles. The largest absolute Gasteiger partial charge is 0.348 e. The fourth-order valence-electron chi connectivity index (χ4n) is 3.25. The van der Waals surface area contributed by atoms with Gasteiger partial charge in [-0.3, -0.25) is 14.1 Å². The number of nitrogens with zero attached hydrogens (tertiary/aromatic N) is 2. The molecule has 1 heterocycles. The van der Waals surface area contributed by atoms with E-state index in [-0.39, 0.29) is 22.5 Å². The van der Waals surface area contributed by atoms with E-state index >= 15 is 0 Å². The molecule has 0 radical (unpaired) electrons. The molecule has 1 aliphatic rings. The van der Waals surface area contributed by atoms with Gasteiger partial charge in [-0.1, -0.05) is 37.0 Å². The lowest BCUT2D eigenvalue weighted by molar-refractivity contribution is 0.0922. The van der Waals surface area contributed by atoms with Crippen molar-refractivity contribution in [3.8, 4) is 0 Å². The lowest BCUT2D eigenvalue weighted by Gasteiger charge is -2.23. The number of carbonyl (C=O) groups excluding carboxylic acids is 1. The number of amides is 1. The topological polar surface area (TPSA) is 79.4 Å². The minimum absolute atomic E-state index is 0.172. The Hall–Kier alpha value is -2.41. The molecule has 1 aromatic heterocycles. The summed E-state index contributed by atoms with van der Waals surface area (Å²) < 4.78 is 26.9. The zero-order valence-corrected chi connectivity index (χ0v) is 16.5. The number of aromatic nitrogens is 1. The highest BCUT2D eigenvalue weighted by Crippen LogP contribution is 2.23. The summed E-state index contributed by atoms with van der Waals surface area (Å²) in [7, 11) is -2.23. The van der Waals surface area contributed by atoms with Gasteiger partial charge in [-0.2, -0.15) is 0 Å². The van der Waals surface area contributed by atoms with Crippen LogP contribution in [-0.2, 0) is 10.0 Å². The van der Waals surface area contributed by atoms with Crippen molar-refractivity contribution < 1.29 is 13.2 Å². The van der Waals surface area contributed by atoms with Crippen molar-refractivity contribution in [3.05, 3.63) is 53.9 Å². The highest BCUT2D eigenvalue weighted by Gasteiger charge is 2.23. The van der Waals surface area contributed by atoms with E-state index in [1.807, 2.05) is 6.92 Å². The molecular formula is C20H25N3O3S. The number of carbonyl (C=O) groups is 1. The van der Waals surface area contributed by atoms with E-state index in [2.05, 4.69) is 10.3 Å². The Morgan fingerprint density at radius 1 is 1.11 bits per heavy atom. The molecule has 1 aliphatic carbocycles. The van der Waals surface area contributed by atoms with E-state index in [4.69, 9.17) is 0 Å². The molecular weight excluding hydrogens is 362 g/mol. The third kappa shape index (κ3) is 4.47. The quantitative estimate of drug-likeness (QED) is 0.854. The average Bonchev–Trinajstić information content (AvgIpc) is 2.68. The number of hydrogen-bond acceptors (Lipinski definition) is 4. The van der Waals surface area contributed by atoms with Crippen LogP contribution in [0, 0.1) is 6.92 Å². The Kier molecular flexibility index (Phi) is 5.79. The van der Waals surface area contributed by atoms with Gasteiger partial charge in [-0.15, -0.1) is 0 Å². The van der Waals surface area contributed by atoms with Crippen LogP contribution in [-0.4, -0.2) is 32.4 Å². The van der Waals surface area contributed by atoms with Crippen molar-refractivity contribution in [2.75, 3.05) is 11.4 Å². The van der Waals surface area contributed by atoms with E-state index in [0.717, 1.165) is 31.2 Å². The molecule has 0 unspecified atom stereocenters. The fourth-order valence-corrected chi connectivity index (χ4v) is 4.44. The van der Waals surface area contributed by atoms with Gasteiger partial charge in [0.1, 0.15) is 5.69 Å². The zero-order chi connectivity index (χ0) is 19.4. The SMILES string of the molecule is Cc1ccc(S(=O)(=O)N(C)c2ccnc(C(=O)NC3CCCCC3)c2)cc1. The molecule has 0 spiro atoms. The number of pyridine rings is 1. The van der Waals surface area contributed by atoms with E-state index in [1.165, 1.54) is 30.0 Å². The van der Waals surface area contributed by atoms with Crippen LogP contribution in [0.3, 0.4) is 0 Å². The average molecular weight is 388 g/mol. The first-order valence-electron chi connectivity index (χ1n) is 9.20. The van der Waals surface area contributed by atoms with Crippen LogP contribution in [0.4, 0.5) is 5.69 Å². The maximum atomic E-state index is 12.8. The van der Waals surface area contributed by atoms with Crippen molar-refractivity contribution >= 4 is 21.6 Å². The van der Waals surface area contributed by atoms with Crippen LogP contribution in [0.5, 0.6) is 0 Å². The summed E-state index contributed by atoms with van der Waals surface area (Å²) in [6.07, 6.45) is 6.88. The predicted molar refractivity (Wildman–Crippen MR) is 105 cm³/mol. The van der Waals surface area contributed by atoms with Crippen LogP contribution < -0.4 is 9.62 Å². The van der Waals surface area contributed by atoms with Gasteiger partial charge in [-0.05, 0) is 44.0 Å². The molecule has 1 N–H and O–H groups in total. The smallest absolute Gasteiger partial charge is 0.270 e. The Bertz CT molecular complexity index is 904. The second kappa shape index (κ2) is 8.08. The summed E-state index contributed by atoms with van der Waals surface area (Å²) in [5, 5.41) is 3.01. The number of rotatable bonds is 5. The monoisotopic (exact) mass is 387 g/mol. The van der Waals surface area contributed by atoms with Crippen LogP contribution in [0.2, 0.25) is 0 Å². The van der Waals surface area contributed by atoms with Crippen LogP contribution in [0.15, 0.2) is 47.5 Å². The van der Waals surface area contributed by atoms with Crippen molar-refractivity contribution in [2.24, 2.45) is 0 Å². The Balaban J connectivity index is 1.79. The van der Waals surface area contributed by atoms with Gasteiger partial charge in [0.15, 0.2) is 0 Å². The summed E-state index contributed by atoms with van der Waals surface area (Å²) in [6.45, 7) is 1.90. The molecule has 27 heavy (non-hydrogen) atoms. The van der Waals surface area contributed by atoms with E-state index in [1.54, 1.807) is 30.3 Å². The fraction of sp³-hybridized carbons (Fsp3) is 0.400. The van der Waals surface area contributed by atoms with Gasteiger partial charge in [0.05, 0.1) is 10.6 Å². The molecule has 144 valence electrons. The van der Waals surface area contributed by atoms with E-state index < -0.39 is 10.0 Å². The molecule has 0 aliphatic heterocycles. The van der Waals surface area contributed by atoms with Crippen molar-refractivity contribution in [3.63, 3.8) is 0 Å². The minimum atomic E-state index is -3.70. The Morgan fingerprint density at radius 2 is 1.78 bits per heavy atom. The molecule has 0 atom stereocenters. The summed E-state index contributed by atoms with van der Waals surface area (Å²) in [5.74, 6) is -0.259. The van der Waals surface area contributed by atoms with Gasteiger partial charge in [-0.25, -0.2) is 8.42 Å². The first kappa shape index (κ1) is 19.4. The maximum Gasteiger partial charge on any atom is 0.270 e. The molecule has 2 aromatic rings. The first-order chi connectivity index (χ1) is 12.9. The molecule has 7 heteroatoms. The van der Waals surface area contributed by atoms with Crippen LogP contribution in [0.25, 0.3) is 0 Å². The van der Waals surface area contributed by atoms with Gasteiger partial charge in [0.2, 0.25) is 0 Å². The lowest BCUT2D eigenvalue weighted by Crippen LogP contribution is -2.36. The third-order valence-corrected chi connectivity index (χ3v) is 6.76. The van der Waals surface area contributed by atoms with Gasteiger partial charge < -0.3 is 5.32 Å². The number of anilines is 1. The number of hydrogen-bond donors (Lipinski definition) is 1. The molecule has 0 saturated heterocycles. The highest BCUT2D eigenvalue weighted by molar-refractivity contribution is 7.92. The maximum absolute atomic E-state index is 12.8. The van der Waals surface area contributed by atoms with Crippen molar-refractivity contribution in [1.82, 2.24) is 10.3 Å². The van der Waals surface area contributed by atoms with Gasteiger partial charge in [0.25, 0.3) is 15.9 Å². The molecule has 1 fully saturated rings. The first-order valence-corrected chi connectivity index (χ1v) is 10.6. The van der Waals surface area contributed by atoms with E-state index in [9.17, 15) is 13.2 Å². The summed E-state index contributed by atoms with van der Waals surface area (Å²) >= 11 is 0. The van der Waals surface area contributed by atoms with Crippen molar-refractivity contribution in [2.45, 2.75) is 50.0 Å². The number of benzene rings is 1. The molecule has 3 rings (SSSR count). The number of nitrogens with one attached hydrogen (secondary N) is 1. The normalized spacial score (nSPS) is 15.3. The highest BCUT2D eigenvalue weighted by atomic mass is 32.2. The second-order valence-corrected chi connectivity index (χ2v) is 8.96. The van der Waals surface area contributed by atoms with Crippen LogP contribution in [0.1, 0.15) is 48.2 Å². The number of sulfonamides is 1. The molecule has 1 amide bonds. The molecule has 1 aromatic carbocycles. The lowest BCUT2D eigenvalue weighted by atomic mass is 9.95. The zero-order valence-electron chi connectivity index (χ0n) is 15.7. The molecule has 6 nitrogen and oxygen atoms in total. The van der Waals surface area contributed by atoms with Gasteiger partial charge >= 0.3 is 0 Å². The predicted octanol–water partition coefficient (Wildman–Crippen LogP) is 3.28. The summed E-state index contributed by atoms with van der Waals surface area (Å²) in [6, 6.07) is 9.96.